The molecule has 1 amide bonds. The third-order valence-electron chi connectivity index (χ3n) is 3.29. The van der Waals surface area contributed by atoms with Gasteiger partial charge >= 0.3 is 0 Å². The maximum absolute atomic E-state index is 12.3. The van der Waals surface area contributed by atoms with Crippen molar-refractivity contribution in [2.24, 2.45) is 0 Å². The standard InChI is InChI=1S/C18H12ClN5O/c19-14-5-3-6-15(8-14)23-18-21-10-13(11-22-18)17(25)24-16-7-2-1-4-12(16)9-20/h1-8,10-11H,(H,24,25)(H,21,22,23). The van der Waals surface area contributed by atoms with Crippen molar-refractivity contribution in [2.75, 3.05) is 10.6 Å². The van der Waals surface area contributed by atoms with Crippen LogP contribution >= 0.6 is 11.6 Å². The van der Waals surface area contributed by atoms with Gasteiger partial charge in [0.15, 0.2) is 0 Å². The number of nitriles is 1. The molecule has 0 aliphatic heterocycles. The van der Waals surface area contributed by atoms with Gasteiger partial charge in [0, 0.05) is 23.1 Å². The summed E-state index contributed by atoms with van der Waals surface area (Å²) in [5.41, 5.74) is 1.85. The van der Waals surface area contributed by atoms with Crippen LogP contribution in [0.25, 0.3) is 0 Å². The van der Waals surface area contributed by atoms with Gasteiger partial charge in [-0.05, 0) is 30.3 Å². The van der Waals surface area contributed by atoms with Crippen LogP contribution in [0.15, 0.2) is 60.9 Å². The Morgan fingerprint density at radius 1 is 1.08 bits per heavy atom. The molecule has 0 saturated carbocycles. The van der Waals surface area contributed by atoms with Gasteiger partial charge in [-0.15, -0.1) is 0 Å². The molecule has 0 spiro atoms. The van der Waals surface area contributed by atoms with Crippen LogP contribution in [0, 0.1) is 11.3 Å². The normalized spacial score (nSPS) is 9.92. The predicted octanol–water partition coefficient (Wildman–Crippen LogP) is 4.00. The molecule has 6 nitrogen and oxygen atoms in total. The molecular formula is C18H12ClN5O. The van der Waals surface area contributed by atoms with Crippen molar-refractivity contribution >= 4 is 34.8 Å². The van der Waals surface area contributed by atoms with E-state index < -0.39 is 5.91 Å². The van der Waals surface area contributed by atoms with Crippen molar-refractivity contribution in [3.63, 3.8) is 0 Å². The fourth-order valence-electron chi connectivity index (χ4n) is 2.09. The molecule has 0 unspecified atom stereocenters. The van der Waals surface area contributed by atoms with Crippen LogP contribution in [-0.2, 0) is 0 Å². The Morgan fingerprint density at radius 2 is 1.84 bits per heavy atom. The Balaban J connectivity index is 1.71. The van der Waals surface area contributed by atoms with Crippen LogP contribution in [0.4, 0.5) is 17.3 Å². The van der Waals surface area contributed by atoms with E-state index in [0.717, 1.165) is 5.69 Å². The van der Waals surface area contributed by atoms with Crippen LogP contribution in [0.2, 0.25) is 5.02 Å². The van der Waals surface area contributed by atoms with Gasteiger partial charge in [0.25, 0.3) is 5.91 Å². The lowest BCUT2D eigenvalue weighted by Gasteiger charge is -2.08. The largest absolute Gasteiger partial charge is 0.324 e. The molecule has 0 aliphatic carbocycles. The van der Waals surface area contributed by atoms with E-state index >= 15 is 0 Å². The second-order valence-electron chi connectivity index (χ2n) is 5.04. The number of carbonyl (C=O) groups excluding carboxylic acids is 1. The summed E-state index contributed by atoms with van der Waals surface area (Å²) in [6.45, 7) is 0. The zero-order valence-electron chi connectivity index (χ0n) is 12.9. The molecule has 7 heteroatoms. The number of rotatable bonds is 4. The van der Waals surface area contributed by atoms with E-state index in [0.29, 0.717) is 22.2 Å². The molecule has 122 valence electrons. The molecule has 1 heterocycles. The zero-order chi connectivity index (χ0) is 17.6. The highest BCUT2D eigenvalue weighted by Gasteiger charge is 2.10. The first-order valence-electron chi connectivity index (χ1n) is 7.31. The van der Waals surface area contributed by atoms with Gasteiger partial charge in [0.2, 0.25) is 5.95 Å². The molecule has 2 aromatic carbocycles. The first-order chi connectivity index (χ1) is 12.2. The number of nitrogens with zero attached hydrogens (tertiary/aromatic N) is 3. The minimum atomic E-state index is -0.392. The molecule has 2 N–H and O–H groups in total. The maximum atomic E-state index is 12.3. The van der Waals surface area contributed by atoms with Crippen molar-refractivity contribution in [3.05, 3.63) is 77.1 Å². The number of carbonyl (C=O) groups is 1. The van der Waals surface area contributed by atoms with Gasteiger partial charge in [-0.2, -0.15) is 5.26 Å². The third kappa shape index (κ3) is 4.10. The number of para-hydroxylation sites is 1. The number of anilines is 3. The number of hydrogen-bond acceptors (Lipinski definition) is 5. The summed E-state index contributed by atoms with van der Waals surface area (Å²) in [6, 6.07) is 15.9. The van der Waals surface area contributed by atoms with Gasteiger partial charge in [-0.25, -0.2) is 9.97 Å². The molecule has 0 radical (unpaired) electrons. The second kappa shape index (κ2) is 7.43. The molecule has 0 aliphatic rings. The van der Waals surface area contributed by atoms with E-state index in [2.05, 4.69) is 20.6 Å². The van der Waals surface area contributed by atoms with Gasteiger partial charge in [0.1, 0.15) is 6.07 Å². The van der Waals surface area contributed by atoms with Crippen molar-refractivity contribution in [1.82, 2.24) is 9.97 Å². The first-order valence-corrected chi connectivity index (χ1v) is 7.68. The second-order valence-corrected chi connectivity index (χ2v) is 5.48. The summed E-state index contributed by atoms with van der Waals surface area (Å²) in [5.74, 6) is -0.0479. The minimum absolute atomic E-state index is 0.282. The molecule has 3 rings (SSSR count). The summed E-state index contributed by atoms with van der Waals surface area (Å²) >= 11 is 5.92. The average molecular weight is 350 g/mol. The number of nitrogens with one attached hydrogen (secondary N) is 2. The molecular weight excluding hydrogens is 338 g/mol. The summed E-state index contributed by atoms with van der Waals surface area (Å²) < 4.78 is 0. The zero-order valence-corrected chi connectivity index (χ0v) is 13.7. The third-order valence-corrected chi connectivity index (χ3v) is 3.53. The number of benzene rings is 2. The highest BCUT2D eigenvalue weighted by molar-refractivity contribution is 6.30. The smallest absolute Gasteiger partial charge is 0.258 e. The number of amides is 1. The van der Waals surface area contributed by atoms with Gasteiger partial charge in [-0.1, -0.05) is 29.8 Å². The Bertz CT molecular complexity index is 950. The summed E-state index contributed by atoms with van der Waals surface area (Å²) in [7, 11) is 0. The van der Waals surface area contributed by atoms with E-state index in [-0.39, 0.29) is 5.56 Å². The minimum Gasteiger partial charge on any atom is -0.324 e. The first kappa shape index (κ1) is 16.4. The van der Waals surface area contributed by atoms with Crippen LogP contribution in [0.3, 0.4) is 0 Å². The fraction of sp³-hybridized carbons (Fsp3) is 0. The van der Waals surface area contributed by atoms with Crippen molar-refractivity contribution in [1.29, 1.82) is 5.26 Å². The van der Waals surface area contributed by atoms with E-state index in [9.17, 15) is 4.79 Å². The average Bonchev–Trinajstić information content (AvgIpc) is 2.63. The van der Waals surface area contributed by atoms with Crippen molar-refractivity contribution in [3.8, 4) is 6.07 Å². The summed E-state index contributed by atoms with van der Waals surface area (Å²) in [5, 5.41) is 15.3. The van der Waals surface area contributed by atoms with E-state index in [4.69, 9.17) is 16.9 Å². The predicted molar refractivity (Wildman–Crippen MR) is 95.9 cm³/mol. The maximum Gasteiger partial charge on any atom is 0.258 e. The monoisotopic (exact) mass is 349 g/mol. The van der Waals surface area contributed by atoms with E-state index in [1.807, 2.05) is 12.1 Å². The molecule has 3 aromatic rings. The van der Waals surface area contributed by atoms with Gasteiger partial charge < -0.3 is 10.6 Å². The Hall–Kier alpha value is -3.43. The highest BCUT2D eigenvalue weighted by Crippen LogP contribution is 2.18. The van der Waals surface area contributed by atoms with Crippen LogP contribution in [-0.4, -0.2) is 15.9 Å². The lowest BCUT2D eigenvalue weighted by Crippen LogP contribution is -2.14. The molecule has 1 aromatic heterocycles. The Kier molecular flexibility index (Phi) is 4.88. The molecule has 0 atom stereocenters. The summed E-state index contributed by atoms with van der Waals surface area (Å²) in [4.78, 5) is 20.5. The highest BCUT2D eigenvalue weighted by atomic mass is 35.5. The van der Waals surface area contributed by atoms with Crippen molar-refractivity contribution in [2.45, 2.75) is 0 Å². The molecule has 0 bridgehead atoms. The SMILES string of the molecule is N#Cc1ccccc1NC(=O)c1cnc(Nc2cccc(Cl)c2)nc1. The number of halogens is 1. The molecule has 25 heavy (non-hydrogen) atoms. The topological polar surface area (TPSA) is 90.7 Å². The fourth-order valence-corrected chi connectivity index (χ4v) is 2.28. The Labute approximate surface area is 149 Å². The van der Waals surface area contributed by atoms with Gasteiger partial charge in [-0.3, -0.25) is 4.79 Å². The molecule has 0 fully saturated rings. The van der Waals surface area contributed by atoms with Gasteiger partial charge in [0.05, 0.1) is 16.8 Å². The van der Waals surface area contributed by atoms with E-state index in [1.54, 1.807) is 42.5 Å². The quantitative estimate of drug-likeness (QED) is 0.743. The summed E-state index contributed by atoms with van der Waals surface area (Å²) in [6.07, 6.45) is 2.81. The van der Waals surface area contributed by atoms with Crippen LogP contribution in [0.5, 0.6) is 0 Å². The number of hydrogen-bond donors (Lipinski definition) is 2. The van der Waals surface area contributed by atoms with Crippen molar-refractivity contribution < 1.29 is 4.79 Å². The van der Waals surface area contributed by atoms with Crippen LogP contribution < -0.4 is 10.6 Å². The van der Waals surface area contributed by atoms with E-state index in [1.165, 1.54) is 12.4 Å². The lowest BCUT2D eigenvalue weighted by molar-refractivity contribution is 0.102. The lowest BCUT2D eigenvalue weighted by atomic mass is 10.2. The number of aromatic nitrogens is 2. The van der Waals surface area contributed by atoms with Crippen LogP contribution in [0.1, 0.15) is 15.9 Å². The molecule has 0 saturated heterocycles. The Morgan fingerprint density at radius 3 is 2.56 bits per heavy atom.